The highest BCUT2D eigenvalue weighted by atomic mass is 32.1. The van der Waals surface area contributed by atoms with Crippen LogP contribution < -0.4 is 5.32 Å². The second-order valence-corrected chi connectivity index (χ2v) is 8.31. The lowest BCUT2D eigenvalue weighted by molar-refractivity contribution is 0.870. The smallest absolute Gasteiger partial charge is 0.157 e. The Morgan fingerprint density at radius 1 is 1.06 bits per heavy atom. The summed E-state index contributed by atoms with van der Waals surface area (Å²) >= 11 is 1.66. The summed E-state index contributed by atoms with van der Waals surface area (Å²) < 4.78 is 2.03. The minimum absolute atomic E-state index is 0.0934. The van der Waals surface area contributed by atoms with E-state index in [-0.39, 0.29) is 6.04 Å². The van der Waals surface area contributed by atoms with Gasteiger partial charge < -0.3 is 5.32 Å². The molecular formula is C26H20N4S. The van der Waals surface area contributed by atoms with Crippen LogP contribution in [0.1, 0.15) is 24.1 Å². The first-order valence-corrected chi connectivity index (χ1v) is 10.9. The maximum absolute atomic E-state index is 5.91. The summed E-state index contributed by atoms with van der Waals surface area (Å²) in [7, 11) is 0. The van der Waals surface area contributed by atoms with E-state index in [1.165, 1.54) is 5.56 Å². The average molecular weight is 421 g/mol. The molecule has 0 spiro atoms. The van der Waals surface area contributed by atoms with Gasteiger partial charge >= 0.3 is 0 Å². The third-order valence-corrected chi connectivity index (χ3v) is 6.43. The van der Waals surface area contributed by atoms with Crippen LogP contribution in [-0.4, -0.2) is 14.4 Å². The Hall–Kier alpha value is -3.88. The van der Waals surface area contributed by atoms with Gasteiger partial charge in [0.25, 0.3) is 0 Å². The largest absolute Gasteiger partial charge is 0.363 e. The van der Waals surface area contributed by atoms with E-state index >= 15 is 0 Å². The van der Waals surface area contributed by atoms with Crippen LogP contribution >= 0.6 is 11.3 Å². The van der Waals surface area contributed by atoms with E-state index in [2.05, 4.69) is 65.6 Å². The number of imidazole rings is 1. The van der Waals surface area contributed by atoms with Gasteiger partial charge in [-0.15, -0.1) is 17.8 Å². The van der Waals surface area contributed by atoms with Gasteiger partial charge in [-0.1, -0.05) is 66.6 Å². The topological polar surface area (TPSA) is 42.2 Å². The van der Waals surface area contributed by atoms with Crippen molar-refractivity contribution in [2.45, 2.75) is 13.0 Å². The van der Waals surface area contributed by atoms with Crippen LogP contribution in [0.4, 0.5) is 5.82 Å². The zero-order valence-corrected chi connectivity index (χ0v) is 17.8. The molecule has 31 heavy (non-hydrogen) atoms. The van der Waals surface area contributed by atoms with E-state index in [0.29, 0.717) is 0 Å². The van der Waals surface area contributed by atoms with Crippen molar-refractivity contribution in [3.63, 3.8) is 0 Å². The minimum Gasteiger partial charge on any atom is -0.363 e. The predicted molar refractivity (Wildman–Crippen MR) is 128 cm³/mol. The van der Waals surface area contributed by atoms with Gasteiger partial charge in [0.1, 0.15) is 11.5 Å². The number of nitrogens with zero attached hydrogens (tertiary/aromatic N) is 3. The normalized spacial score (nSPS) is 11.9. The summed E-state index contributed by atoms with van der Waals surface area (Å²) in [4.78, 5) is 11.2. The van der Waals surface area contributed by atoms with Crippen LogP contribution in [0.25, 0.3) is 26.7 Å². The molecule has 150 valence electrons. The number of rotatable bonds is 5. The fourth-order valence-corrected chi connectivity index (χ4v) is 4.77. The Kier molecular flexibility index (Phi) is 4.99. The first kappa shape index (κ1) is 19.1. The molecule has 1 N–H and O–H groups in total. The van der Waals surface area contributed by atoms with Crippen molar-refractivity contribution < 1.29 is 0 Å². The number of benzene rings is 2. The number of anilines is 1. The molecule has 1 atom stereocenters. The fourth-order valence-electron chi connectivity index (χ4n) is 3.65. The second kappa shape index (κ2) is 8.10. The first-order chi connectivity index (χ1) is 15.2. The molecule has 5 rings (SSSR count). The molecule has 4 nitrogen and oxygen atoms in total. The van der Waals surface area contributed by atoms with E-state index in [1.54, 1.807) is 23.7 Å². The number of thiophene rings is 1. The van der Waals surface area contributed by atoms with Crippen molar-refractivity contribution in [3.8, 4) is 33.4 Å². The van der Waals surface area contributed by atoms with Crippen molar-refractivity contribution in [3.05, 3.63) is 96.4 Å². The standard InChI is InChI=1S/C26H20N4S/c1-3-19-16-22(21-12-8-5-9-13-21)31-25(19)24-26(30-15-14-27-17-23(30)29-24)28-18(2)20-10-6-4-7-11-20/h1,4-18,28H,2H3. The summed E-state index contributed by atoms with van der Waals surface area (Å²) in [6.07, 6.45) is 11.4. The highest BCUT2D eigenvalue weighted by molar-refractivity contribution is 7.19. The van der Waals surface area contributed by atoms with Crippen molar-refractivity contribution in [1.82, 2.24) is 14.4 Å². The number of nitrogens with one attached hydrogen (secondary N) is 1. The zero-order chi connectivity index (χ0) is 21.2. The number of terminal acetylenes is 1. The molecule has 0 saturated carbocycles. The van der Waals surface area contributed by atoms with Crippen molar-refractivity contribution >= 4 is 22.8 Å². The number of fused-ring (bicyclic) bond motifs is 1. The molecule has 0 aliphatic rings. The number of hydrogen-bond donors (Lipinski definition) is 1. The van der Waals surface area contributed by atoms with Gasteiger partial charge in [-0.2, -0.15) is 0 Å². The van der Waals surface area contributed by atoms with Crippen LogP contribution in [0.15, 0.2) is 85.3 Å². The van der Waals surface area contributed by atoms with Crippen LogP contribution in [0.3, 0.4) is 0 Å². The highest BCUT2D eigenvalue weighted by Crippen LogP contribution is 2.41. The molecule has 0 bridgehead atoms. The maximum Gasteiger partial charge on any atom is 0.157 e. The average Bonchev–Trinajstić information content (AvgIpc) is 3.42. The van der Waals surface area contributed by atoms with Crippen LogP contribution in [0.2, 0.25) is 0 Å². The Morgan fingerprint density at radius 2 is 1.81 bits per heavy atom. The highest BCUT2D eigenvalue weighted by Gasteiger charge is 2.21. The molecule has 0 saturated heterocycles. The Bertz CT molecular complexity index is 1380. The van der Waals surface area contributed by atoms with E-state index in [4.69, 9.17) is 11.4 Å². The summed E-state index contributed by atoms with van der Waals surface area (Å²) in [5, 5.41) is 3.66. The lowest BCUT2D eigenvalue weighted by atomic mass is 10.1. The van der Waals surface area contributed by atoms with Crippen LogP contribution in [-0.2, 0) is 0 Å². The lowest BCUT2D eigenvalue weighted by Gasteiger charge is -2.16. The Balaban J connectivity index is 1.65. The summed E-state index contributed by atoms with van der Waals surface area (Å²) in [5.41, 5.74) is 4.81. The second-order valence-electron chi connectivity index (χ2n) is 7.25. The number of aromatic nitrogens is 3. The number of hydrogen-bond acceptors (Lipinski definition) is 4. The molecule has 0 aliphatic carbocycles. The third-order valence-electron chi connectivity index (χ3n) is 5.24. The summed E-state index contributed by atoms with van der Waals surface area (Å²) in [5.74, 6) is 3.77. The summed E-state index contributed by atoms with van der Waals surface area (Å²) in [6.45, 7) is 2.14. The lowest BCUT2D eigenvalue weighted by Crippen LogP contribution is -2.09. The predicted octanol–water partition coefficient (Wildman–Crippen LogP) is 6.28. The SMILES string of the molecule is C#Cc1cc(-c2ccccc2)sc1-c1nc2cnccn2c1NC(C)c1ccccc1. The van der Waals surface area contributed by atoms with E-state index in [1.807, 2.05) is 34.9 Å². The molecule has 0 fully saturated rings. The molecule has 2 aromatic carbocycles. The molecule has 0 amide bonds. The van der Waals surface area contributed by atoms with E-state index < -0.39 is 0 Å². The van der Waals surface area contributed by atoms with Gasteiger partial charge in [-0.25, -0.2) is 4.98 Å². The van der Waals surface area contributed by atoms with Crippen molar-refractivity contribution in [1.29, 1.82) is 0 Å². The van der Waals surface area contributed by atoms with Gasteiger partial charge in [0.15, 0.2) is 5.65 Å². The summed E-state index contributed by atoms with van der Waals surface area (Å²) in [6, 6.07) is 22.8. The molecule has 5 heteroatoms. The molecule has 0 aliphatic heterocycles. The molecular weight excluding hydrogens is 400 g/mol. The molecule has 5 aromatic rings. The fraction of sp³-hybridized carbons (Fsp3) is 0.0769. The van der Waals surface area contributed by atoms with E-state index in [0.717, 1.165) is 38.0 Å². The van der Waals surface area contributed by atoms with Gasteiger partial charge in [0, 0.05) is 28.9 Å². The monoisotopic (exact) mass is 420 g/mol. The van der Waals surface area contributed by atoms with Gasteiger partial charge in [-0.05, 0) is 24.1 Å². The minimum atomic E-state index is 0.0934. The maximum atomic E-state index is 5.91. The zero-order valence-electron chi connectivity index (χ0n) is 17.0. The first-order valence-electron chi connectivity index (χ1n) is 10.0. The third kappa shape index (κ3) is 3.58. The quantitative estimate of drug-likeness (QED) is 0.340. The van der Waals surface area contributed by atoms with Crippen molar-refractivity contribution in [2.75, 3.05) is 5.32 Å². The van der Waals surface area contributed by atoms with E-state index in [9.17, 15) is 0 Å². The van der Waals surface area contributed by atoms with Crippen molar-refractivity contribution in [2.24, 2.45) is 0 Å². The Morgan fingerprint density at radius 3 is 2.55 bits per heavy atom. The molecule has 0 radical (unpaired) electrons. The van der Waals surface area contributed by atoms with Gasteiger partial charge in [-0.3, -0.25) is 9.38 Å². The van der Waals surface area contributed by atoms with Gasteiger partial charge in [0.2, 0.25) is 0 Å². The van der Waals surface area contributed by atoms with Gasteiger partial charge in [0.05, 0.1) is 11.1 Å². The van der Waals surface area contributed by atoms with Crippen LogP contribution in [0, 0.1) is 12.3 Å². The molecule has 3 heterocycles. The molecule has 3 aromatic heterocycles. The molecule has 1 unspecified atom stereocenters. The Labute approximate surface area is 185 Å². The van der Waals surface area contributed by atoms with Crippen LogP contribution in [0.5, 0.6) is 0 Å².